The Morgan fingerprint density at radius 3 is 1.90 bits per heavy atom. The summed E-state index contributed by atoms with van der Waals surface area (Å²) in [4.78, 5) is 13.7. The number of amides is 1. The first kappa shape index (κ1) is 16.7. The van der Waals surface area contributed by atoms with E-state index in [4.69, 9.17) is 0 Å². The molecule has 0 unspecified atom stereocenters. The molecule has 0 aliphatic carbocycles. The topological polar surface area (TPSA) is 57.7 Å². The molecule has 5 nitrogen and oxygen atoms in total. The van der Waals surface area contributed by atoms with Crippen molar-refractivity contribution in [3.05, 3.63) is 29.8 Å². The van der Waals surface area contributed by atoms with Crippen molar-refractivity contribution < 1.29 is 13.2 Å². The summed E-state index contributed by atoms with van der Waals surface area (Å²) < 4.78 is 26.0. The first-order valence-electron chi connectivity index (χ1n) is 6.74. The predicted molar refractivity (Wildman–Crippen MR) is 79.2 cm³/mol. The van der Waals surface area contributed by atoms with E-state index in [9.17, 15) is 13.2 Å². The maximum Gasteiger partial charge on any atom is 0.253 e. The van der Waals surface area contributed by atoms with Gasteiger partial charge < -0.3 is 4.90 Å². The number of carbonyl (C=O) groups is 1. The Bertz CT molecular complexity index is 548. The van der Waals surface area contributed by atoms with Crippen molar-refractivity contribution in [2.24, 2.45) is 0 Å². The molecule has 1 amide bonds. The third kappa shape index (κ3) is 3.37. The van der Waals surface area contributed by atoms with Crippen molar-refractivity contribution in [2.75, 3.05) is 26.7 Å². The molecule has 0 fully saturated rings. The standard InChI is InChI=1S/C14H22N2O3S/c1-5-15(4)14(17)12-8-10-13(11-9-12)20(18,19)16(6-2)7-3/h8-11H,5-7H2,1-4H3. The fraction of sp³-hybridized carbons (Fsp3) is 0.500. The summed E-state index contributed by atoms with van der Waals surface area (Å²) >= 11 is 0. The van der Waals surface area contributed by atoms with E-state index in [2.05, 4.69) is 0 Å². The lowest BCUT2D eigenvalue weighted by atomic mass is 10.2. The normalized spacial score (nSPS) is 11.7. The van der Waals surface area contributed by atoms with Gasteiger partial charge in [-0.05, 0) is 31.2 Å². The van der Waals surface area contributed by atoms with Crippen LogP contribution in [-0.4, -0.2) is 50.2 Å². The zero-order valence-electron chi connectivity index (χ0n) is 12.5. The highest BCUT2D eigenvalue weighted by Gasteiger charge is 2.21. The highest BCUT2D eigenvalue weighted by Crippen LogP contribution is 2.16. The Labute approximate surface area is 121 Å². The second-order valence-corrected chi connectivity index (χ2v) is 6.37. The van der Waals surface area contributed by atoms with Crippen LogP contribution in [0.5, 0.6) is 0 Å². The third-order valence-corrected chi connectivity index (χ3v) is 5.33. The lowest BCUT2D eigenvalue weighted by molar-refractivity contribution is 0.0802. The molecule has 0 heterocycles. The zero-order chi connectivity index (χ0) is 15.3. The average molecular weight is 298 g/mol. The molecule has 0 radical (unpaired) electrons. The highest BCUT2D eigenvalue weighted by atomic mass is 32.2. The molecule has 0 atom stereocenters. The van der Waals surface area contributed by atoms with E-state index < -0.39 is 10.0 Å². The predicted octanol–water partition coefficient (Wildman–Crippen LogP) is 1.81. The molecule has 0 bridgehead atoms. The molecule has 0 aliphatic rings. The number of benzene rings is 1. The first-order valence-corrected chi connectivity index (χ1v) is 8.18. The lowest BCUT2D eigenvalue weighted by Gasteiger charge is -2.19. The van der Waals surface area contributed by atoms with Gasteiger partial charge in [0.2, 0.25) is 10.0 Å². The SMILES string of the molecule is CCN(C)C(=O)c1ccc(S(=O)(=O)N(CC)CC)cc1. The minimum Gasteiger partial charge on any atom is -0.342 e. The van der Waals surface area contributed by atoms with Crippen LogP contribution in [0.2, 0.25) is 0 Å². The maximum absolute atomic E-state index is 12.3. The summed E-state index contributed by atoms with van der Waals surface area (Å²) in [6.07, 6.45) is 0. The van der Waals surface area contributed by atoms with Gasteiger partial charge in [0, 0.05) is 32.2 Å². The molecule has 0 saturated carbocycles. The van der Waals surface area contributed by atoms with Crippen LogP contribution in [0.3, 0.4) is 0 Å². The Balaban J connectivity index is 3.06. The summed E-state index contributed by atoms with van der Waals surface area (Å²) in [7, 11) is -1.75. The van der Waals surface area contributed by atoms with Gasteiger partial charge in [0.15, 0.2) is 0 Å². The van der Waals surface area contributed by atoms with Crippen molar-refractivity contribution in [1.82, 2.24) is 9.21 Å². The molecule has 1 aromatic carbocycles. The number of carbonyl (C=O) groups excluding carboxylic acids is 1. The number of nitrogens with zero attached hydrogens (tertiary/aromatic N) is 2. The van der Waals surface area contributed by atoms with Crippen molar-refractivity contribution in [2.45, 2.75) is 25.7 Å². The summed E-state index contributed by atoms with van der Waals surface area (Å²) in [5.41, 5.74) is 0.493. The quantitative estimate of drug-likeness (QED) is 0.805. The number of hydrogen-bond donors (Lipinski definition) is 0. The van der Waals surface area contributed by atoms with Crippen LogP contribution in [0.1, 0.15) is 31.1 Å². The van der Waals surface area contributed by atoms with Crippen LogP contribution < -0.4 is 0 Å². The fourth-order valence-corrected chi connectivity index (χ4v) is 3.30. The molecule has 1 rings (SSSR count). The molecule has 20 heavy (non-hydrogen) atoms. The Morgan fingerprint density at radius 1 is 1.00 bits per heavy atom. The summed E-state index contributed by atoms with van der Waals surface area (Å²) in [6, 6.07) is 6.10. The maximum atomic E-state index is 12.3. The highest BCUT2D eigenvalue weighted by molar-refractivity contribution is 7.89. The summed E-state index contributed by atoms with van der Waals surface area (Å²) in [5.74, 6) is -0.112. The van der Waals surface area contributed by atoms with Crippen LogP contribution in [0.15, 0.2) is 29.2 Å². The third-order valence-electron chi connectivity index (χ3n) is 3.27. The number of rotatable bonds is 6. The second kappa shape index (κ2) is 6.85. The van der Waals surface area contributed by atoms with E-state index in [1.54, 1.807) is 37.9 Å². The molecule has 0 aromatic heterocycles. The van der Waals surface area contributed by atoms with Crippen LogP contribution in [0, 0.1) is 0 Å². The molecule has 0 saturated heterocycles. The molecule has 0 N–H and O–H groups in total. The van der Waals surface area contributed by atoms with Gasteiger partial charge in [0.1, 0.15) is 0 Å². The smallest absolute Gasteiger partial charge is 0.253 e. The summed E-state index contributed by atoms with van der Waals surface area (Å²) in [6.45, 7) is 6.95. The zero-order valence-corrected chi connectivity index (χ0v) is 13.3. The Hall–Kier alpha value is -1.40. The van der Waals surface area contributed by atoms with Crippen molar-refractivity contribution in [3.63, 3.8) is 0 Å². The van der Waals surface area contributed by atoms with E-state index in [0.717, 1.165) is 0 Å². The molecular formula is C14H22N2O3S. The monoisotopic (exact) mass is 298 g/mol. The first-order chi connectivity index (χ1) is 9.38. The van der Waals surface area contributed by atoms with Gasteiger partial charge in [-0.3, -0.25) is 4.79 Å². The molecular weight excluding hydrogens is 276 g/mol. The van der Waals surface area contributed by atoms with Crippen LogP contribution in [0.4, 0.5) is 0 Å². The Kier molecular flexibility index (Phi) is 5.71. The van der Waals surface area contributed by atoms with Gasteiger partial charge in [-0.1, -0.05) is 13.8 Å². The molecule has 6 heteroatoms. The average Bonchev–Trinajstić information content (AvgIpc) is 2.46. The van der Waals surface area contributed by atoms with E-state index in [-0.39, 0.29) is 10.8 Å². The molecule has 112 valence electrons. The molecule has 1 aromatic rings. The van der Waals surface area contributed by atoms with E-state index in [1.807, 2.05) is 6.92 Å². The van der Waals surface area contributed by atoms with Crippen LogP contribution in [-0.2, 0) is 10.0 Å². The van der Waals surface area contributed by atoms with E-state index in [0.29, 0.717) is 25.2 Å². The van der Waals surface area contributed by atoms with Crippen molar-refractivity contribution in [1.29, 1.82) is 0 Å². The number of sulfonamides is 1. The van der Waals surface area contributed by atoms with Gasteiger partial charge in [-0.25, -0.2) is 8.42 Å². The molecule has 0 aliphatic heterocycles. The van der Waals surface area contributed by atoms with E-state index in [1.165, 1.54) is 16.4 Å². The fourth-order valence-electron chi connectivity index (χ4n) is 1.85. The minimum absolute atomic E-state index is 0.112. The van der Waals surface area contributed by atoms with Crippen LogP contribution >= 0.6 is 0 Å². The molecule has 0 spiro atoms. The Morgan fingerprint density at radius 2 is 1.50 bits per heavy atom. The minimum atomic E-state index is -3.46. The van der Waals surface area contributed by atoms with Gasteiger partial charge >= 0.3 is 0 Å². The van der Waals surface area contributed by atoms with Gasteiger partial charge in [0.05, 0.1) is 4.90 Å². The van der Waals surface area contributed by atoms with Crippen molar-refractivity contribution in [3.8, 4) is 0 Å². The van der Waals surface area contributed by atoms with E-state index >= 15 is 0 Å². The summed E-state index contributed by atoms with van der Waals surface area (Å²) in [5, 5.41) is 0. The van der Waals surface area contributed by atoms with Gasteiger partial charge in [0.25, 0.3) is 5.91 Å². The van der Waals surface area contributed by atoms with Crippen molar-refractivity contribution >= 4 is 15.9 Å². The van der Waals surface area contributed by atoms with Gasteiger partial charge in [-0.15, -0.1) is 0 Å². The largest absolute Gasteiger partial charge is 0.342 e. The van der Waals surface area contributed by atoms with Crippen LogP contribution in [0.25, 0.3) is 0 Å². The van der Waals surface area contributed by atoms with Gasteiger partial charge in [-0.2, -0.15) is 4.31 Å². The lowest BCUT2D eigenvalue weighted by Crippen LogP contribution is -2.30. The number of hydrogen-bond acceptors (Lipinski definition) is 3. The second-order valence-electron chi connectivity index (χ2n) is 4.43.